The average Bonchev–Trinajstić information content (AvgIpc) is 2.73. The number of para-hydroxylation sites is 3. The lowest BCUT2D eigenvalue weighted by Gasteiger charge is -2.09. The summed E-state index contributed by atoms with van der Waals surface area (Å²) in [4.78, 5) is 37.2. The van der Waals surface area contributed by atoms with E-state index in [2.05, 4.69) is 5.32 Å². The zero-order valence-corrected chi connectivity index (χ0v) is 15.3. The number of benzene rings is 3. The van der Waals surface area contributed by atoms with E-state index in [9.17, 15) is 14.4 Å². The SMILES string of the molecule is Nc1ccccc1NC(=O)c1ccc(Cn2c(=O)oc3ccccc3c2=O)cc1. The van der Waals surface area contributed by atoms with E-state index in [1.54, 1.807) is 72.8 Å². The summed E-state index contributed by atoms with van der Waals surface area (Å²) in [5, 5.41) is 3.09. The number of nitrogen functional groups attached to an aromatic ring is 1. The summed E-state index contributed by atoms with van der Waals surface area (Å²) in [6.45, 7) is 0.0412. The highest BCUT2D eigenvalue weighted by Crippen LogP contribution is 2.18. The standard InChI is InChI=1S/C22H17N3O4/c23-17-6-2-3-7-18(17)24-20(26)15-11-9-14(10-12-15)13-25-21(27)16-5-1-4-8-19(16)29-22(25)28/h1-12H,13,23H2,(H,24,26). The minimum Gasteiger partial charge on any atom is -0.409 e. The normalized spacial score (nSPS) is 10.8. The smallest absolute Gasteiger partial charge is 0.409 e. The van der Waals surface area contributed by atoms with Gasteiger partial charge >= 0.3 is 5.76 Å². The van der Waals surface area contributed by atoms with Gasteiger partial charge in [0.25, 0.3) is 11.5 Å². The van der Waals surface area contributed by atoms with Crippen LogP contribution in [-0.4, -0.2) is 10.5 Å². The van der Waals surface area contributed by atoms with E-state index in [1.807, 2.05) is 0 Å². The van der Waals surface area contributed by atoms with E-state index in [1.165, 1.54) is 0 Å². The van der Waals surface area contributed by atoms with Crippen LogP contribution >= 0.6 is 0 Å². The van der Waals surface area contributed by atoms with Crippen molar-refractivity contribution in [3.63, 3.8) is 0 Å². The molecule has 1 heterocycles. The molecule has 0 saturated heterocycles. The van der Waals surface area contributed by atoms with Gasteiger partial charge in [0, 0.05) is 5.56 Å². The maximum absolute atomic E-state index is 12.6. The summed E-state index contributed by atoms with van der Waals surface area (Å²) < 4.78 is 6.25. The molecule has 29 heavy (non-hydrogen) atoms. The molecule has 0 spiro atoms. The Kier molecular flexibility index (Phi) is 4.70. The first kappa shape index (κ1) is 18.2. The van der Waals surface area contributed by atoms with Crippen molar-refractivity contribution >= 4 is 28.3 Å². The number of hydrogen-bond donors (Lipinski definition) is 2. The number of amides is 1. The lowest BCUT2D eigenvalue weighted by molar-refractivity contribution is 0.102. The van der Waals surface area contributed by atoms with E-state index in [0.29, 0.717) is 27.9 Å². The van der Waals surface area contributed by atoms with Crippen molar-refractivity contribution in [1.29, 1.82) is 0 Å². The van der Waals surface area contributed by atoms with Crippen molar-refractivity contribution in [3.05, 3.63) is 105 Å². The van der Waals surface area contributed by atoms with E-state index < -0.39 is 11.3 Å². The molecule has 0 radical (unpaired) electrons. The number of nitrogens with zero attached hydrogens (tertiary/aromatic N) is 1. The highest BCUT2D eigenvalue weighted by molar-refractivity contribution is 6.05. The van der Waals surface area contributed by atoms with Crippen LogP contribution in [0.25, 0.3) is 11.0 Å². The number of aromatic nitrogens is 1. The predicted molar refractivity (Wildman–Crippen MR) is 111 cm³/mol. The number of nitrogens with two attached hydrogens (primary N) is 1. The third-order valence-corrected chi connectivity index (χ3v) is 4.55. The molecule has 0 aliphatic heterocycles. The molecular weight excluding hydrogens is 370 g/mol. The van der Waals surface area contributed by atoms with Crippen molar-refractivity contribution in [3.8, 4) is 0 Å². The van der Waals surface area contributed by atoms with Gasteiger partial charge in [-0.25, -0.2) is 9.36 Å². The quantitative estimate of drug-likeness (QED) is 0.524. The lowest BCUT2D eigenvalue weighted by Crippen LogP contribution is -2.32. The van der Waals surface area contributed by atoms with E-state index in [4.69, 9.17) is 10.2 Å². The molecule has 0 unspecified atom stereocenters. The molecule has 0 bridgehead atoms. The van der Waals surface area contributed by atoms with Gasteiger partial charge in [0.1, 0.15) is 5.58 Å². The fraction of sp³-hybridized carbons (Fsp3) is 0.0455. The summed E-state index contributed by atoms with van der Waals surface area (Å²) in [5.74, 6) is -1.04. The van der Waals surface area contributed by atoms with Crippen LogP contribution in [0.2, 0.25) is 0 Å². The Labute approximate surface area is 165 Å². The molecule has 3 aromatic carbocycles. The monoisotopic (exact) mass is 387 g/mol. The van der Waals surface area contributed by atoms with Gasteiger partial charge in [0.2, 0.25) is 0 Å². The Morgan fingerprint density at radius 2 is 1.62 bits per heavy atom. The molecule has 144 valence electrons. The van der Waals surface area contributed by atoms with Gasteiger partial charge in [-0.15, -0.1) is 0 Å². The fourth-order valence-electron chi connectivity index (χ4n) is 3.00. The van der Waals surface area contributed by atoms with Crippen molar-refractivity contribution in [2.75, 3.05) is 11.1 Å². The number of carbonyl (C=O) groups excluding carboxylic acids is 1. The van der Waals surface area contributed by atoms with Crippen molar-refractivity contribution in [2.45, 2.75) is 6.54 Å². The number of fused-ring (bicyclic) bond motifs is 1. The minimum atomic E-state index is -0.727. The summed E-state index contributed by atoms with van der Waals surface area (Å²) >= 11 is 0. The summed E-state index contributed by atoms with van der Waals surface area (Å²) in [5.41, 5.74) is 7.79. The van der Waals surface area contributed by atoms with Crippen LogP contribution in [0, 0.1) is 0 Å². The molecule has 1 amide bonds. The molecule has 1 aromatic heterocycles. The first-order valence-electron chi connectivity index (χ1n) is 8.90. The topological polar surface area (TPSA) is 107 Å². The number of hydrogen-bond acceptors (Lipinski definition) is 5. The minimum absolute atomic E-state index is 0.0412. The molecule has 0 aliphatic carbocycles. The van der Waals surface area contributed by atoms with Gasteiger partial charge in [0.05, 0.1) is 23.3 Å². The molecular formula is C22H17N3O4. The predicted octanol–water partition coefficient (Wildman–Crippen LogP) is 2.84. The van der Waals surface area contributed by atoms with Crippen LogP contribution < -0.4 is 22.4 Å². The average molecular weight is 387 g/mol. The molecule has 7 nitrogen and oxygen atoms in total. The van der Waals surface area contributed by atoms with E-state index >= 15 is 0 Å². The molecule has 4 rings (SSSR count). The molecule has 0 atom stereocenters. The summed E-state index contributed by atoms with van der Waals surface area (Å²) in [6, 6.07) is 20.2. The number of rotatable bonds is 4. The Morgan fingerprint density at radius 1 is 0.931 bits per heavy atom. The van der Waals surface area contributed by atoms with Crippen LogP contribution in [0.1, 0.15) is 15.9 Å². The first-order chi connectivity index (χ1) is 14.0. The lowest BCUT2D eigenvalue weighted by atomic mass is 10.1. The number of carbonyl (C=O) groups is 1. The van der Waals surface area contributed by atoms with Crippen molar-refractivity contribution in [2.24, 2.45) is 0 Å². The zero-order chi connectivity index (χ0) is 20.4. The van der Waals surface area contributed by atoms with E-state index in [-0.39, 0.29) is 18.0 Å². The van der Waals surface area contributed by atoms with Gasteiger partial charge in [-0.05, 0) is 42.0 Å². The van der Waals surface area contributed by atoms with Gasteiger partial charge in [-0.3, -0.25) is 9.59 Å². The highest BCUT2D eigenvalue weighted by atomic mass is 16.4. The second-order valence-corrected chi connectivity index (χ2v) is 6.49. The summed E-state index contributed by atoms with van der Waals surface area (Å²) in [7, 11) is 0. The summed E-state index contributed by atoms with van der Waals surface area (Å²) in [6.07, 6.45) is 0. The van der Waals surface area contributed by atoms with Crippen molar-refractivity contribution in [1.82, 2.24) is 4.57 Å². The molecule has 7 heteroatoms. The fourth-order valence-corrected chi connectivity index (χ4v) is 3.00. The van der Waals surface area contributed by atoms with Crippen LogP contribution in [-0.2, 0) is 6.54 Å². The van der Waals surface area contributed by atoms with E-state index in [0.717, 1.165) is 4.57 Å². The Morgan fingerprint density at radius 3 is 2.38 bits per heavy atom. The van der Waals surface area contributed by atoms with Crippen molar-refractivity contribution < 1.29 is 9.21 Å². The molecule has 4 aromatic rings. The van der Waals surface area contributed by atoms with Crippen LogP contribution in [0.5, 0.6) is 0 Å². The molecule has 3 N–H and O–H groups in total. The Bertz CT molecular complexity index is 1320. The maximum Gasteiger partial charge on any atom is 0.422 e. The number of anilines is 2. The first-order valence-corrected chi connectivity index (χ1v) is 8.90. The molecule has 0 saturated carbocycles. The molecule has 0 fully saturated rings. The van der Waals surface area contributed by atoms with Gasteiger partial charge in [0.15, 0.2) is 0 Å². The van der Waals surface area contributed by atoms with Gasteiger partial charge < -0.3 is 15.5 Å². The second-order valence-electron chi connectivity index (χ2n) is 6.49. The Balaban J connectivity index is 1.57. The largest absolute Gasteiger partial charge is 0.422 e. The number of nitrogens with one attached hydrogen (secondary N) is 1. The second kappa shape index (κ2) is 7.47. The maximum atomic E-state index is 12.6. The Hall–Kier alpha value is -4.13. The highest BCUT2D eigenvalue weighted by Gasteiger charge is 2.11. The third kappa shape index (κ3) is 3.66. The van der Waals surface area contributed by atoms with Gasteiger partial charge in [-0.2, -0.15) is 0 Å². The molecule has 0 aliphatic rings. The van der Waals surface area contributed by atoms with Gasteiger partial charge in [-0.1, -0.05) is 36.4 Å². The van der Waals surface area contributed by atoms with Crippen LogP contribution in [0.3, 0.4) is 0 Å². The zero-order valence-electron chi connectivity index (χ0n) is 15.3. The third-order valence-electron chi connectivity index (χ3n) is 4.55. The van der Waals surface area contributed by atoms with Crippen LogP contribution in [0.4, 0.5) is 11.4 Å². The van der Waals surface area contributed by atoms with Crippen LogP contribution in [0.15, 0.2) is 86.8 Å².